The summed E-state index contributed by atoms with van der Waals surface area (Å²) in [5, 5.41) is 0. The molecule has 0 fully saturated rings. The summed E-state index contributed by atoms with van der Waals surface area (Å²) < 4.78 is 66.9. The minimum absolute atomic E-state index is 0. The van der Waals surface area contributed by atoms with Gasteiger partial charge in [0.25, 0.3) is 0 Å². The van der Waals surface area contributed by atoms with Crippen LogP contribution in [0.4, 0.5) is 0 Å². The molecule has 0 bridgehead atoms. The number of rotatable bonds is 12. The van der Waals surface area contributed by atoms with E-state index in [4.69, 9.17) is 12.3 Å². The van der Waals surface area contributed by atoms with Crippen LogP contribution in [0.25, 0.3) is 135 Å². The molecule has 0 aliphatic carbocycles. The molecule has 0 saturated carbocycles. The molecule has 4 radical (unpaired) electrons. The van der Waals surface area contributed by atoms with Gasteiger partial charge in [0.05, 0.1) is 0 Å². The van der Waals surface area contributed by atoms with Crippen LogP contribution in [0.3, 0.4) is 0 Å². The van der Waals surface area contributed by atoms with E-state index < -0.39 is 20.6 Å². The van der Waals surface area contributed by atoms with E-state index in [0.29, 0.717) is 22.4 Å². The Morgan fingerprint density at radius 1 is 0.195 bits per heavy atom. The van der Waals surface area contributed by atoms with Gasteiger partial charge in [-0.2, -0.15) is 0 Å². The Balaban J connectivity index is 0.000000176. The van der Waals surface area contributed by atoms with Crippen LogP contribution in [0.2, 0.25) is 0 Å². The average molecular weight is 2370 g/mol. The minimum atomic E-state index is -2.20. The quantitative estimate of drug-likeness (QED) is 0.111. The molecular weight excluding hydrogens is 2270 g/mol. The Morgan fingerprint density at radius 3 is 0.766 bits per heavy atom. The van der Waals surface area contributed by atoms with Crippen LogP contribution in [0, 0.1) is 76.0 Å². The molecule has 0 saturated heterocycles. The standard InChI is InChI=1S/2C18H14N.2C17H12N.2C12H10N.2C11H8N.4Ir/c2*1-14-12-18(16-10-6-3-7-11-16)19-13-17(14)15-8-4-2-5-9-15;2*1-3-7-14(8-4-1)16-11-12-18-17(13-16)15-9-5-2-6-10-15;1-10-5-7-11(8-6-10)12-4-2-3-9-13-12;1-10-7-8-12(13-9-10)11-5-3-2-4-6-11;2*1-2-6-10(7-3-1)11-8-4-5-9-12-11;;;;/h2*2-10,12-13H,1H3;2*1-9,11-13H;2-7,9H,1H3;2-5,7-9H,1H3;2*1-6,8-9H;;;;/q8*-1;;;;/i1D3;;;;2*1D3;;;;;;. The van der Waals surface area contributed by atoms with E-state index in [9.17, 15) is 0 Å². The van der Waals surface area contributed by atoms with Crippen LogP contribution in [0.1, 0.15) is 34.6 Å². The predicted molar refractivity (Wildman–Crippen MR) is 509 cm³/mol. The molecule has 0 aliphatic rings. The Labute approximate surface area is 820 Å². The molecule has 0 unspecified atom stereocenters. The van der Waals surface area contributed by atoms with Gasteiger partial charge in [0, 0.05) is 153 Å². The van der Waals surface area contributed by atoms with Crippen LogP contribution in [-0.4, -0.2) is 39.9 Å². The van der Waals surface area contributed by atoms with Crippen LogP contribution < -0.4 is 0 Å². The molecule has 8 aromatic heterocycles. The summed E-state index contributed by atoms with van der Waals surface area (Å²) in [5.41, 5.74) is 25.3. The molecule has 0 atom stereocenters. The van der Waals surface area contributed by atoms with Gasteiger partial charge in [-0.05, 0) is 147 Å². The second kappa shape index (κ2) is 54.4. The van der Waals surface area contributed by atoms with Crippen molar-refractivity contribution < 1.29 is 92.8 Å². The Morgan fingerprint density at radius 2 is 0.477 bits per heavy atom. The summed E-state index contributed by atoms with van der Waals surface area (Å²) in [6.45, 7) is -4.24. The third kappa shape index (κ3) is 30.9. The molecule has 20 aromatic rings. The predicted octanol–water partition coefficient (Wildman–Crippen LogP) is 28.3. The van der Waals surface area contributed by atoms with Crippen molar-refractivity contribution in [1.29, 1.82) is 0 Å². The van der Waals surface area contributed by atoms with Crippen molar-refractivity contribution in [3.05, 3.63) is 533 Å². The molecule has 636 valence electrons. The third-order valence-electron chi connectivity index (χ3n) is 18.7. The van der Waals surface area contributed by atoms with E-state index in [1.54, 1.807) is 67.3 Å². The summed E-state index contributed by atoms with van der Waals surface area (Å²) in [4.78, 5) is 34.5. The maximum Gasteiger partial charge on any atom is 0.0280 e. The van der Waals surface area contributed by atoms with Gasteiger partial charge in [-0.1, -0.05) is 201 Å². The van der Waals surface area contributed by atoms with Gasteiger partial charge >= 0.3 is 0 Å². The van der Waals surface area contributed by atoms with Gasteiger partial charge in [0.1, 0.15) is 0 Å². The Kier molecular flexibility index (Phi) is 36.2. The molecular formula is C116H88Ir4N8-8. The number of benzene rings is 12. The van der Waals surface area contributed by atoms with E-state index in [-0.39, 0.29) is 86.0 Å². The van der Waals surface area contributed by atoms with E-state index in [1.807, 2.05) is 328 Å². The van der Waals surface area contributed by atoms with Gasteiger partial charge in [-0.25, -0.2) is 0 Å². The van der Waals surface area contributed by atoms with Crippen LogP contribution in [0.5, 0.6) is 0 Å². The first-order valence-corrected chi connectivity index (χ1v) is 40.0. The average Bonchev–Trinajstić information content (AvgIpc) is 0.786. The third-order valence-corrected chi connectivity index (χ3v) is 18.7. The van der Waals surface area contributed by atoms with Crippen molar-refractivity contribution in [2.45, 2.75) is 27.5 Å². The van der Waals surface area contributed by atoms with Crippen LogP contribution in [0.15, 0.2) is 462 Å². The van der Waals surface area contributed by atoms with E-state index in [2.05, 4.69) is 150 Å². The van der Waals surface area contributed by atoms with Gasteiger partial charge in [0.15, 0.2) is 0 Å². The molecule has 12 heteroatoms. The second-order valence-corrected chi connectivity index (χ2v) is 27.3. The summed E-state index contributed by atoms with van der Waals surface area (Å²) >= 11 is 0. The molecule has 8 nitrogen and oxygen atoms in total. The van der Waals surface area contributed by atoms with Crippen molar-refractivity contribution in [3.63, 3.8) is 0 Å². The molecule has 0 amide bonds. The number of pyridine rings is 8. The molecule has 0 N–H and O–H groups in total. The van der Waals surface area contributed by atoms with Gasteiger partial charge in [-0.15, -0.1) is 287 Å². The summed E-state index contributed by atoms with van der Waals surface area (Å²) in [6, 6.07) is 157. The normalized spacial score (nSPS) is 11.1. The molecule has 20 rings (SSSR count). The first-order chi connectivity index (χ1) is 64.8. The van der Waals surface area contributed by atoms with Crippen LogP contribution in [-0.2, 0) is 80.4 Å². The summed E-state index contributed by atoms with van der Waals surface area (Å²) in [5.74, 6) is 0. The summed E-state index contributed by atoms with van der Waals surface area (Å²) in [7, 11) is 0. The second-order valence-electron chi connectivity index (χ2n) is 27.3. The van der Waals surface area contributed by atoms with Gasteiger partial charge < -0.3 is 39.9 Å². The smallest absolute Gasteiger partial charge is 0.0280 e. The number of aryl methyl sites for hydroxylation is 4. The Hall–Kier alpha value is -13.6. The molecule has 8 heterocycles. The summed E-state index contributed by atoms with van der Waals surface area (Å²) in [6.07, 6.45) is 13.9. The van der Waals surface area contributed by atoms with E-state index in [0.717, 1.165) is 89.9 Å². The Bertz CT molecular complexity index is 6340. The fourth-order valence-corrected chi connectivity index (χ4v) is 12.4. The molecule has 0 spiro atoms. The van der Waals surface area contributed by atoms with Crippen molar-refractivity contribution in [3.8, 4) is 135 Å². The van der Waals surface area contributed by atoms with Crippen molar-refractivity contribution in [2.24, 2.45) is 0 Å². The molecule has 0 aliphatic heterocycles. The molecule has 12 aromatic carbocycles. The van der Waals surface area contributed by atoms with Crippen molar-refractivity contribution in [1.82, 2.24) is 39.9 Å². The topological polar surface area (TPSA) is 103 Å². The number of aromatic nitrogens is 8. The fraction of sp³-hybridized carbons (Fsp3) is 0.0345. The number of hydrogen-bond acceptors (Lipinski definition) is 8. The zero-order valence-corrected chi connectivity index (χ0v) is 78.9. The minimum Gasteiger partial charge on any atom is -0.305 e. The maximum absolute atomic E-state index is 7.82. The first-order valence-electron chi connectivity index (χ1n) is 44.5. The SMILES string of the molecule is Cc1cc(-c2[c-]cccc2)ncc1-c1ccccc1.[2H]C([2H])([2H])c1c[c-]c(-c2ccccn2)cc1.[2H]C([2H])([2H])c1cc(-c2[c-]cccc2)ncc1-c1ccccc1.[2H]C([2H])([2H])c1ccc(-c2[c-]cccc2)nc1.[Ir].[Ir].[Ir].[Ir].[c-]1ccccc1-c1cc(-c2ccccc2)ccn1.[c-]1ccccc1-c1cc(-c2ccccc2)ccn1.[c-]1ccccc1-c1ccccn1.[c-]1ccccc1-c1ccccn1. The van der Waals surface area contributed by atoms with E-state index >= 15 is 0 Å². The van der Waals surface area contributed by atoms with E-state index in [1.165, 1.54) is 51.2 Å². The largest absolute Gasteiger partial charge is 0.305 e. The van der Waals surface area contributed by atoms with Gasteiger partial charge in [-0.3, -0.25) is 0 Å². The van der Waals surface area contributed by atoms with Crippen molar-refractivity contribution >= 4 is 0 Å². The molecule has 128 heavy (non-hydrogen) atoms. The fourth-order valence-electron chi connectivity index (χ4n) is 12.4. The van der Waals surface area contributed by atoms with Crippen molar-refractivity contribution in [2.75, 3.05) is 0 Å². The number of hydrogen-bond donors (Lipinski definition) is 0. The monoisotopic (exact) mass is 2370 g/mol. The number of nitrogens with zero attached hydrogens (tertiary/aromatic N) is 8. The zero-order chi connectivity index (χ0) is 92.7. The van der Waals surface area contributed by atoms with Crippen LogP contribution >= 0.6 is 0 Å². The first kappa shape index (κ1) is 85.2. The maximum atomic E-state index is 7.82. The van der Waals surface area contributed by atoms with Gasteiger partial charge in [0.2, 0.25) is 0 Å². The zero-order valence-electron chi connectivity index (χ0n) is 78.3.